The smallest absolute Gasteiger partial charge is 0.303 e. The highest BCUT2D eigenvalue weighted by atomic mass is 35.7. The molecule has 0 spiro atoms. The minimum Gasteiger partial charge on any atom is -0.450 e. The van der Waals surface area contributed by atoms with Crippen LogP contribution in [-0.4, -0.2) is 22.8 Å². The molecule has 2 aromatic rings. The van der Waals surface area contributed by atoms with E-state index in [1.54, 1.807) is 6.92 Å². The molecule has 0 radical (unpaired) electrons. The maximum atomic E-state index is 11.6. The summed E-state index contributed by atoms with van der Waals surface area (Å²) in [5, 5.41) is 0. The molecule has 0 N–H and O–H groups in total. The maximum absolute atomic E-state index is 11.6. The number of hydrogen-bond donors (Lipinski definition) is 0. The van der Waals surface area contributed by atoms with E-state index in [9.17, 15) is 21.6 Å². The van der Waals surface area contributed by atoms with Gasteiger partial charge in [0.2, 0.25) is 0 Å². The second kappa shape index (κ2) is 7.19. The Hall–Kier alpha value is -1.61. The Kier molecular flexibility index (Phi) is 5.72. The second-order valence-electron chi connectivity index (χ2n) is 5.55. The van der Waals surface area contributed by atoms with Gasteiger partial charge in [0.25, 0.3) is 18.1 Å². The molecule has 2 aromatic carbocycles. The highest BCUT2D eigenvalue weighted by Crippen LogP contribution is 2.35. The molecule has 0 heterocycles. The van der Waals surface area contributed by atoms with Crippen LogP contribution in [0, 0.1) is 0 Å². The van der Waals surface area contributed by atoms with Crippen LogP contribution in [0.2, 0.25) is 0 Å². The molecule has 0 aliphatic carbocycles. The minimum atomic E-state index is -3.89. The van der Waals surface area contributed by atoms with Crippen LogP contribution in [-0.2, 0) is 33.2 Å². The van der Waals surface area contributed by atoms with Crippen molar-refractivity contribution in [3.63, 3.8) is 0 Å². The fourth-order valence-electron chi connectivity index (χ4n) is 2.44. The molecular formula is C16H14Cl2O6S2. The van der Waals surface area contributed by atoms with Gasteiger partial charge < -0.3 is 4.74 Å². The highest BCUT2D eigenvalue weighted by Gasteiger charge is 2.33. The lowest BCUT2D eigenvalue weighted by atomic mass is 9.88. The summed E-state index contributed by atoms with van der Waals surface area (Å²) in [4.78, 5) is 11.4. The molecule has 0 atom stereocenters. The van der Waals surface area contributed by atoms with Crippen molar-refractivity contribution >= 4 is 45.4 Å². The number of carbonyl (C=O) groups excluding carboxylic acids is 1. The van der Waals surface area contributed by atoms with E-state index in [1.165, 1.54) is 55.5 Å². The minimum absolute atomic E-state index is 0.100. The topological polar surface area (TPSA) is 94.6 Å². The second-order valence-corrected chi connectivity index (χ2v) is 10.7. The molecule has 0 bridgehead atoms. The van der Waals surface area contributed by atoms with Crippen LogP contribution < -0.4 is 0 Å². The Morgan fingerprint density at radius 1 is 0.808 bits per heavy atom. The number of ether oxygens (including phenoxy) is 1. The van der Waals surface area contributed by atoms with Crippen LogP contribution in [0.15, 0.2) is 58.3 Å². The molecule has 0 fully saturated rings. The van der Waals surface area contributed by atoms with E-state index in [-0.39, 0.29) is 9.79 Å². The molecule has 0 aromatic heterocycles. The molecule has 6 nitrogen and oxygen atoms in total. The van der Waals surface area contributed by atoms with Crippen LogP contribution in [0.3, 0.4) is 0 Å². The van der Waals surface area contributed by atoms with E-state index in [4.69, 9.17) is 26.1 Å². The van der Waals surface area contributed by atoms with Gasteiger partial charge in [0.1, 0.15) is 0 Å². The third-order valence-corrected chi connectivity index (χ3v) is 6.46. The third kappa shape index (κ3) is 4.56. The summed E-state index contributed by atoms with van der Waals surface area (Å²) in [6.45, 7) is 2.83. The van der Waals surface area contributed by atoms with Crippen molar-refractivity contribution in [3.05, 3.63) is 59.7 Å². The Labute approximate surface area is 160 Å². The van der Waals surface area contributed by atoms with Crippen molar-refractivity contribution in [3.8, 4) is 0 Å². The summed E-state index contributed by atoms with van der Waals surface area (Å²) in [6.07, 6.45) is 0. The third-order valence-electron chi connectivity index (χ3n) is 3.72. The van der Waals surface area contributed by atoms with Gasteiger partial charge in [-0.25, -0.2) is 16.8 Å². The molecule has 0 aliphatic rings. The molecule has 0 unspecified atom stereocenters. The molecule has 26 heavy (non-hydrogen) atoms. The zero-order chi connectivity index (χ0) is 19.8. The van der Waals surface area contributed by atoms with Crippen molar-refractivity contribution in [2.45, 2.75) is 29.2 Å². The van der Waals surface area contributed by atoms with E-state index >= 15 is 0 Å². The lowest BCUT2D eigenvalue weighted by Gasteiger charge is -2.30. The maximum Gasteiger partial charge on any atom is 0.303 e. The summed E-state index contributed by atoms with van der Waals surface area (Å²) < 4.78 is 51.0. The van der Waals surface area contributed by atoms with Gasteiger partial charge in [-0.3, -0.25) is 4.79 Å². The predicted molar refractivity (Wildman–Crippen MR) is 97.2 cm³/mol. The van der Waals surface area contributed by atoms with Gasteiger partial charge >= 0.3 is 5.97 Å². The molecule has 0 aliphatic heterocycles. The van der Waals surface area contributed by atoms with Gasteiger partial charge in [-0.2, -0.15) is 0 Å². The fraction of sp³-hybridized carbons (Fsp3) is 0.188. The van der Waals surface area contributed by atoms with Gasteiger partial charge in [0.15, 0.2) is 5.60 Å². The summed E-state index contributed by atoms with van der Waals surface area (Å²) >= 11 is 0. The fourth-order valence-corrected chi connectivity index (χ4v) is 3.98. The molecule has 2 rings (SSSR count). The number of carbonyl (C=O) groups is 1. The molecular weight excluding hydrogens is 423 g/mol. The Balaban J connectivity index is 2.56. The molecule has 0 saturated heterocycles. The first kappa shape index (κ1) is 20.7. The van der Waals surface area contributed by atoms with Crippen molar-refractivity contribution in [2.75, 3.05) is 0 Å². The largest absolute Gasteiger partial charge is 0.450 e. The Bertz CT molecular complexity index is 952. The van der Waals surface area contributed by atoms with Gasteiger partial charge in [-0.1, -0.05) is 24.3 Å². The van der Waals surface area contributed by atoms with E-state index in [1.807, 2.05) is 0 Å². The molecule has 10 heteroatoms. The molecule has 140 valence electrons. The quantitative estimate of drug-likeness (QED) is 0.526. The Morgan fingerprint density at radius 2 is 1.12 bits per heavy atom. The zero-order valence-corrected chi connectivity index (χ0v) is 16.8. The lowest BCUT2D eigenvalue weighted by Crippen LogP contribution is -2.29. The first-order valence-electron chi connectivity index (χ1n) is 7.14. The summed E-state index contributed by atoms with van der Waals surface area (Å²) in [5.74, 6) is -0.574. The SMILES string of the molecule is CC(=O)OC(C)(c1ccc(S(=O)(=O)Cl)cc1)c1ccc(S(=O)(=O)Cl)cc1. The van der Waals surface area contributed by atoms with Crippen molar-refractivity contribution in [2.24, 2.45) is 0 Å². The number of halogens is 2. The lowest BCUT2D eigenvalue weighted by molar-refractivity contribution is -0.152. The van der Waals surface area contributed by atoms with E-state index in [0.717, 1.165) is 0 Å². The van der Waals surface area contributed by atoms with Gasteiger partial charge in [-0.15, -0.1) is 0 Å². The average molecular weight is 437 g/mol. The monoisotopic (exact) mass is 436 g/mol. The van der Waals surface area contributed by atoms with E-state index in [2.05, 4.69) is 0 Å². The number of hydrogen-bond acceptors (Lipinski definition) is 6. The number of esters is 1. The predicted octanol–water partition coefficient (Wildman–Crippen LogP) is 3.37. The summed E-state index contributed by atoms with van der Waals surface area (Å²) in [5.41, 5.74) is -0.341. The van der Waals surface area contributed by atoms with Crippen molar-refractivity contribution < 1.29 is 26.4 Å². The van der Waals surface area contributed by atoms with Crippen molar-refractivity contribution in [1.82, 2.24) is 0 Å². The van der Waals surface area contributed by atoms with Crippen molar-refractivity contribution in [1.29, 1.82) is 0 Å². The summed E-state index contributed by atoms with van der Waals surface area (Å²) in [7, 11) is 2.82. The normalized spacial score (nSPS) is 12.6. The average Bonchev–Trinajstić information content (AvgIpc) is 2.53. The van der Waals surface area contributed by atoms with Crippen LogP contribution in [0.25, 0.3) is 0 Å². The Morgan fingerprint density at radius 3 is 1.35 bits per heavy atom. The van der Waals surface area contributed by atoms with Gasteiger partial charge in [-0.05, 0) is 42.3 Å². The van der Waals surface area contributed by atoms with E-state index in [0.29, 0.717) is 11.1 Å². The van der Waals surface area contributed by atoms with Gasteiger partial charge in [0.05, 0.1) is 9.79 Å². The first-order chi connectivity index (χ1) is 11.8. The number of benzene rings is 2. The van der Waals surface area contributed by atoms with Crippen LogP contribution in [0.4, 0.5) is 0 Å². The zero-order valence-electron chi connectivity index (χ0n) is 13.6. The first-order valence-corrected chi connectivity index (χ1v) is 11.8. The van der Waals surface area contributed by atoms with Crippen LogP contribution in [0.5, 0.6) is 0 Å². The summed E-state index contributed by atoms with van der Waals surface area (Å²) in [6, 6.07) is 11.0. The standard InChI is InChI=1S/C16H14Cl2O6S2/c1-11(19)24-16(2,12-3-7-14(8-4-12)25(17,20)21)13-5-9-15(10-6-13)26(18,22)23/h3-10H,1-2H3. The van der Waals surface area contributed by atoms with Crippen LogP contribution in [0.1, 0.15) is 25.0 Å². The van der Waals surface area contributed by atoms with Crippen LogP contribution >= 0.6 is 21.4 Å². The molecule has 0 amide bonds. The highest BCUT2D eigenvalue weighted by molar-refractivity contribution is 8.14. The number of rotatable bonds is 5. The molecule has 0 saturated carbocycles. The van der Waals surface area contributed by atoms with E-state index < -0.39 is 29.7 Å². The van der Waals surface area contributed by atoms with Gasteiger partial charge in [0, 0.05) is 28.3 Å².